The lowest BCUT2D eigenvalue weighted by atomic mass is 10.2. The Morgan fingerprint density at radius 2 is 2.30 bits per heavy atom. The molecule has 1 amide bonds. The quantitative estimate of drug-likeness (QED) is 0.791. The van der Waals surface area contributed by atoms with Crippen LogP contribution in [0, 0.1) is 0 Å². The van der Waals surface area contributed by atoms with Gasteiger partial charge in [0.15, 0.2) is 0 Å². The van der Waals surface area contributed by atoms with Crippen LogP contribution in [0.1, 0.15) is 36.2 Å². The number of rotatable bonds is 5. The first-order valence-corrected chi connectivity index (χ1v) is 6.54. The number of hydrogen-bond donors (Lipinski definition) is 2. The van der Waals surface area contributed by atoms with Crippen molar-refractivity contribution in [3.8, 4) is 0 Å². The van der Waals surface area contributed by atoms with Gasteiger partial charge in [-0.15, -0.1) is 5.10 Å². The summed E-state index contributed by atoms with van der Waals surface area (Å²) in [6.07, 6.45) is 1.59. The number of amides is 1. The lowest BCUT2D eigenvalue weighted by Crippen LogP contribution is -2.41. The van der Waals surface area contributed by atoms with E-state index in [0.717, 1.165) is 6.42 Å². The van der Waals surface area contributed by atoms with Crippen molar-refractivity contribution in [3.05, 3.63) is 11.6 Å². The zero-order valence-electron chi connectivity index (χ0n) is 11.5. The Kier molecular flexibility index (Phi) is 4.33. The molecular formula is C12H18N4O4. The second-order valence-corrected chi connectivity index (χ2v) is 4.76. The number of ether oxygens (including phenoxy) is 1. The number of aryl methyl sites for hydroxylation is 1. The first kappa shape index (κ1) is 14.4. The molecule has 0 spiro atoms. The van der Waals surface area contributed by atoms with Crippen LogP contribution in [-0.2, 0) is 16.0 Å². The molecule has 1 aliphatic heterocycles. The van der Waals surface area contributed by atoms with E-state index in [9.17, 15) is 14.7 Å². The van der Waals surface area contributed by atoms with Crippen LogP contribution in [0.5, 0.6) is 0 Å². The normalized spacial score (nSPS) is 22.2. The van der Waals surface area contributed by atoms with Gasteiger partial charge in [-0.25, -0.2) is 9.78 Å². The molecule has 1 fully saturated rings. The molecule has 0 saturated carbocycles. The van der Waals surface area contributed by atoms with Gasteiger partial charge in [0.25, 0.3) is 5.91 Å². The lowest BCUT2D eigenvalue weighted by molar-refractivity contribution is -0.141. The molecule has 8 nitrogen and oxygen atoms in total. The molecule has 0 bridgehead atoms. The molecule has 1 saturated heterocycles. The van der Waals surface area contributed by atoms with E-state index in [-0.39, 0.29) is 24.9 Å². The van der Waals surface area contributed by atoms with Gasteiger partial charge in [-0.2, -0.15) is 0 Å². The number of H-pyrrole nitrogens is 1. The van der Waals surface area contributed by atoms with Crippen LogP contribution >= 0.6 is 0 Å². The van der Waals surface area contributed by atoms with Crippen LogP contribution < -0.4 is 0 Å². The van der Waals surface area contributed by atoms with Crippen LogP contribution in [0.15, 0.2) is 0 Å². The van der Waals surface area contributed by atoms with E-state index in [1.165, 1.54) is 12.0 Å². The van der Waals surface area contributed by atoms with Gasteiger partial charge in [-0.3, -0.25) is 9.89 Å². The van der Waals surface area contributed by atoms with Gasteiger partial charge in [0.1, 0.15) is 11.9 Å². The average molecular weight is 282 g/mol. The Hall–Kier alpha value is -1.96. The molecule has 1 aromatic rings. The minimum atomic E-state index is -1.04. The maximum absolute atomic E-state index is 12.3. The van der Waals surface area contributed by atoms with Gasteiger partial charge in [-0.1, -0.05) is 6.92 Å². The molecule has 2 unspecified atom stereocenters. The Morgan fingerprint density at radius 3 is 2.90 bits per heavy atom. The number of carbonyl (C=O) groups is 2. The number of carbonyl (C=O) groups excluding carboxylic acids is 1. The smallest absolute Gasteiger partial charge is 0.326 e. The molecule has 2 heterocycles. The second-order valence-electron chi connectivity index (χ2n) is 4.76. The summed E-state index contributed by atoms with van der Waals surface area (Å²) in [6.45, 7) is 2.23. The van der Waals surface area contributed by atoms with E-state index in [1.54, 1.807) is 0 Å². The number of aliphatic carboxylic acids is 1. The fourth-order valence-electron chi connectivity index (χ4n) is 2.29. The number of aromatic amines is 1. The van der Waals surface area contributed by atoms with Crippen molar-refractivity contribution in [2.24, 2.45) is 0 Å². The average Bonchev–Trinajstić information content (AvgIpc) is 3.04. The third-order valence-electron chi connectivity index (χ3n) is 3.35. The molecule has 1 aliphatic rings. The van der Waals surface area contributed by atoms with Gasteiger partial charge in [-0.05, 0) is 6.42 Å². The molecule has 2 rings (SSSR count). The van der Waals surface area contributed by atoms with Crippen molar-refractivity contribution >= 4 is 11.9 Å². The fourth-order valence-corrected chi connectivity index (χ4v) is 2.29. The SMILES string of the molecule is CCCc1nc(C(=O)N2CC(OC)CC2C(=O)O)n[nH]1. The number of carboxylic acids is 1. The van der Waals surface area contributed by atoms with E-state index in [2.05, 4.69) is 15.2 Å². The van der Waals surface area contributed by atoms with Gasteiger partial charge in [0.2, 0.25) is 5.82 Å². The zero-order valence-corrected chi connectivity index (χ0v) is 11.5. The number of methoxy groups -OCH3 is 1. The molecule has 0 aliphatic carbocycles. The third kappa shape index (κ3) is 2.79. The van der Waals surface area contributed by atoms with Crippen molar-refractivity contribution in [1.82, 2.24) is 20.1 Å². The summed E-state index contributed by atoms with van der Waals surface area (Å²) in [5, 5.41) is 15.7. The molecule has 1 aromatic heterocycles. The fraction of sp³-hybridized carbons (Fsp3) is 0.667. The first-order valence-electron chi connectivity index (χ1n) is 6.54. The molecule has 2 N–H and O–H groups in total. The summed E-state index contributed by atoms with van der Waals surface area (Å²) in [5.41, 5.74) is 0. The van der Waals surface area contributed by atoms with Gasteiger partial charge in [0, 0.05) is 26.5 Å². The van der Waals surface area contributed by atoms with Crippen molar-refractivity contribution < 1.29 is 19.4 Å². The maximum atomic E-state index is 12.3. The molecule has 20 heavy (non-hydrogen) atoms. The topological polar surface area (TPSA) is 108 Å². The highest BCUT2D eigenvalue weighted by atomic mass is 16.5. The molecule has 8 heteroatoms. The number of aromatic nitrogens is 3. The monoisotopic (exact) mass is 282 g/mol. The molecule has 0 radical (unpaired) electrons. The van der Waals surface area contributed by atoms with Gasteiger partial charge in [0.05, 0.1) is 6.10 Å². The molecular weight excluding hydrogens is 264 g/mol. The van der Waals surface area contributed by atoms with Crippen LogP contribution in [0.2, 0.25) is 0 Å². The highest BCUT2D eigenvalue weighted by Gasteiger charge is 2.41. The van der Waals surface area contributed by atoms with E-state index >= 15 is 0 Å². The Bertz CT molecular complexity index is 501. The van der Waals surface area contributed by atoms with Crippen molar-refractivity contribution in [1.29, 1.82) is 0 Å². The van der Waals surface area contributed by atoms with Crippen LogP contribution in [0.4, 0.5) is 0 Å². The minimum absolute atomic E-state index is 0.0106. The summed E-state index contributed by atoms with van der Waals surface area (Å²) in [6, 6.07) is -0.888. The molecule has 110 valence electrons. The first-order chi connectivity index (χ1) is 9.56. The second kappa shape index (κ2) is 6.00. The molecule has 0 aromatic carbocycles. The third-order valence-corrected chi connectivity index (χ3v) is 3.35. The zero-order chi connectivity index (χ0) is 14.7. The van der Waals surface area contributed by atoms with E-state index in [0.29, 0.717) is 12.2 Å². The van der Waals surface area contributed by atoms with Crippen LogP contribution in [0.25, 0.3) is 0 Å². The number of nitrogens with zero attached hydrogens (tertiary/aromatic N) is 3. The summed E-state index contributed by atoms with van der Waals surface area (Å²) in [4.78, 5) is 28.9. The Labute approximate surface area is 116 Å². The highest BCUT2D eigenvalue weighted by molar-refractivity contribution is 5.94. The maximum Gasteiger partial charge on any atom is 0.326 e. The predicted octanol–water partition coefficient (Wildman–Crippen LogP) is 0.0713. The van der Waals surface area contributed by atoms with E-state index < -0.39 is 17.9 Å². The van der Waals surface area contributed by atoms with Crippen molar-refractivity contribution in [2.75, 3.05) is 13.7 Å². The standard InChI is InChI=1S/C12H18N4O4/c1-3-4-9-13-10(15-14-9)11(17)16-6-7(20-2)5-8(16)12(18)19/h7-8H,3-6H2,1-2H3,(H,18,19)(H,13,14,15). The summed E-state index contributed by atoms with van der Waals surface area (Å²) in [7, 11) is 1.50. The molecule has 2 atom stereocenters. The number of likely N-dealkylation sites (tertiary alicyclic amines) is 1. The summed E-state index contributed by atoms with van der Waals surface area (Å²) < 4.78 is 5.15. The number of carboxylic acid groups (broad SMARTS) is 1. The number of nitrogens with one attached hydrogen (secondary N) is 1. The van der Waals surface area contributed by atoms with Gasteiger partial charge < -0.3 is 14.7 Å². The van der Waals surface area contributed by atoms with Crippen LogP contribution in [-0.4, -0.2) is 62.9 Å². The minimum Gasteiger partial charge on any atom is -0.480 e. The van der Waals surface area contributed by atoms with Gasteiger partial charge >= 0.3 is 5.97 Å². The number of hydrogen-bond acceptors (Lipinski definition) is 5. The van der Waals surface area contributed by atoms with E-state index in [1.807, 2.05) is 6.92 Å². The summed E-state index contributed by atoms with van der Waals surface area (Å²) in [5.74, 6) is -0.876. The predicted molar refractivity (Wildman–Crippen MR) is 68.3 cm³/mol. The Morgan fingerprint density at radius 1 is 1.55 bits per heavy atom. The van der Waals surface area contributed by atoms with E-state index in [4.69, 9.17) is 4.74 Å². The highest BCUT2D eigenvalue weighted by Crippen LogP contribution is 2.21. The van der Waals surface area contributed by atoms with Crippen molar-refractivity contribution in [2.45, 2.75) is 38.3 Å². The Balaban J connectivity index is 2.15. The lowest BCUT2D eigenvalue weighted by Gasteiger charge is -2.19. The largest absolute Gasteiger partial charge is 0.480 e. The van der Waals surface area contributed by atoms with Crippen molar-refractivity contribution in [3.63, 3.8) is 0 Å². The summed E-state index contributed by atoms with van der Waals surface area (Å²) >= 11 is 0. The van der Waals surface area contributed by atoms with Crippen LogP contribution in [0.3, 0.4) is 0 Å².